The number of benzene rings is 1. The van der Waals surface area contributed by atoms with Crippen molar-refractivity contribution in [1.82, 2.24) is 0 Å². The van der Waals surface area contributed by atoms with E-state index in [4.69, 9.17) is 21.4 Å². The third kappa shape index (κ3) is 3.62. The molecule has 0 saturated carbocycles. The van der Waals surface area contributed by atoms with Crippen LogP contribution in [0, 0.1) is 5.41 Å². The van der Waals surface area contributed by atoms with Crippen molar-refractivity contribution >= 4 is 17.6 Å². The van der Waals surface area contributed by atoms with Crippen LogP contribution in [0.2, 0.25) is 5.02 Å². The van der Waals surface area contributed by atoms with Crippen molar-refractivity contribution in [3.05, 3.63) is 28.8 Å². The lowest BCUT2D eigenvalue weighted by Gasteiger charge is -2.22. The SMILES string of the molecule is COC(=O)C(C)(C)COc1ccc(CO)cc1Cl. The van der Waals surface area contributed by atoms with E-state index in [0.29, 0.717) is 16.3 Å². The molecule has 1 rings (SSSR count). The lowest BCUT2D eigenvalue weighted by Crippen LogP contribution is -2.32. The molecule has 0 amide bonds. The average Bonchev–Trinajstić information content (AvgIpc) is 2.36. The molecule has 1 aromatic carbocycles. The fourth-order valence-electron chi connectivity index (χ4n) is 1.35. The van der Waals surface area contributed by atoms with Crippen LogP contribution in [0.3, 0.4) is 0 Å². The highest BCUT2D eigenvalue weighted by atomic mass is 35.5. The smallest absolute Gasteiger partial charge is 0.314 e. The number of rotatable bonds is 5. The van der Waals surface area contributed by atoms with Crippen molar-refractivity contribution in [3.63, 3.8) is 0 Å². The van der Waals surface area contributed by atoms with E-state index in [9.17, 15) is 4.79 Å². The van der Waals surface area contributed by atoms with Gasteiger partial charge in [-0.15, -0.1) is 0 Å². The van der Waals surface area contributed by atoms with Gasteiger partial charge in [-0.05, 0) is 31.5 Å². The lowest BCUT2D eigenvalue weighted by atomic mass is 9.95. The quantitative estimate of drug-likeness (QED) is 0.837. The molecule has 0 atom stereocenters. The minimum absolute atomic E-state index is 0.0757. The summed E-state index contributed by atoms with van der Waals surface area (Å²) in [5.41, 5.74) is -0.0344. The normalized spacial score (nSPS) is 11.2. The highest BCUT2D eigenvalue weighted by molar-refractivity contribution is 6.32. The van der Waals surface area contributed by atoms with Gasteiger partial charge in [0.15, 0.2) is 0 Å². The molecule has 18 heavy (non-hydrogen) atoms. The molecule has 0 aliphatic heterocycles. The molecule has 0 saturated heterocycles. The van der Waals surface area contributed by atoms with Crippen molar-refractivity contribution in [2.45, 2.75) is 20.5 Å². The van der Waals surface area contributed by atoms with E-state index < -0.39 is 5.41 Å². The van der Waals surface area contributed by atoms with E-state index in [1.807, 2.05) is 0 Å². The zero-order valence-corrected chi connectivity index (χ0v) is 11.5. The molecule has 5 heteroatoms. The Morgan fingerprint density at radius 3 is 2.61 bits per heavy atom. The summed E-state index contributed by atoms with van der Waals surface area (Å²) in [6.07, 6.45) is 0. The van der Waals surface area contributed by atoms with Gasteiger partial charge in [0.05, 0.1) is 24.2 Å². The maximum absolute atomic E-state index is 11.5. The molecule has 0 fully saturated rings. The first-order chi connectivity index (χ1) is 8.40. The molecule has 0 aliphatic carbocycles. The monoisotopic (exact) mass is 272 g/mol. The van der Waals surface area contributed by atoms with Gasteiger partial charge in [-0.3, -0.25) is 4.79 Å². The number of esters is 1. The summed E-state index contributed by atoms with van der Waals surface area (Å²) in [6.45, 7) is 3.55. The van der Waals surface area contributed by atoms with Crippen molar-refractivity contribution in [3.8, 4) is 5.75 Å². The van der Waals surface area contributed by atoms with E-state index in [1.54, 1.807) is 32.0 Å². The molecule has 1 aromatic rings. The third-order valence-corrected chi connectivity index (χ3v) is 2.80. The molecule has 0 aromatic heterocycles. The molecule has 100 valence electrons. The van der Waals surface area contributed by atoms with Crippen LogP contribution in [0.5, 0.6) is 5.75 Å². The number of aliphatic hydroxyl groups excluding tert-OH is 1. The predicted molar refractivity (Wildman–Crippen MR) is 68.7 cm³/mol. The molecule has 4 nitrogen and oxygen atoms in total. The highest BCUT2D eigenvalue weighted by Crippen LogP contribution is 2.28. The minimum Gasteiger partial charge on any atom is -0.491 e. The number of hydrogen-bond acceptors (Lipinski definition) is 4. The number of carbonyl (C=O) groups is 1. The summed E-state index contributed by atoms with van der Waals surface area (Å²) in [5.74, 6) is 0.136. The summed E-state index contributed by atoms with van der Waals surface area (Å²) in [6, 6.07) is 5.01. The van der Waals surface area contributed by atoms with Gasteiger partial charge in [0.25, 0.3) is 0 Å². The summed E-state index contributed by atoms with van der Waals surface area (Å²) in [5, 5.41) is 9.36. The van der Waals surface area contributed by atoms with Gasteiger partial charge < -0.3 is 14.6 Å². The summed E-state index contributed by atoms with van der Waals surface area (Å²) in [4.78, 5) is 11.5. The molecular formula is C13H17ClO4. The molecule has 1 N–H and O–H groups in total. The molecule has 0 spiro atoms. The minimum atomic E-state index is -0.742. The van der Waals surface area contributed by atoms with Crippen LogP contribution in [-0.4, -0.2) is 24.8 Å². The summed E-state index contributed by atoms with van der Waals surface area (Å²) >= 11 is 6.00. The fourth-order valence-corrected chi connectivity index (χ4v) is 1.61. The Balaban J connectivity index is 2.72. The van der Waals surface area contributed by atoms with Gasteiger partial charge in [0.1, 0.15) is 12.4 Å². The van der Waals surface area contributed by atoms with Crippen molar-refractivity contribution in [1.29, 1.82) is 0 Å². The number of aliphatic hydroxyl groups is 1. The number of carbonyl (C=O) groups excluding carboxylic acids is 1. The maximum atomic E-state index is 11.5. The fraction of sp³-hybridized carbons (Fsp3) is 0.462. The average molecular weight is 273 g/mol. The standard InChI is InChI=1S/C13H17ClO4/c1-13(2,12(16)17-3)8-18-11-5-4-9(7-15)6-10(11)14/h4-6,15H,7-8H2,1-3H3. The number of methoxy groups -OCH3 is 1. The van der Waals surface area contributed by atoms with Gasteiger partial charge >= 0.3 is 5.97 Å². The molecule has 0 unspecified atom stereocenters. The zero-order valence-electron chi connectivity index (χ0n) is 10.7. The first-order valence-electron chi connectivity index (χ1n) is 5.51. The maximum Gasteiger partial charge on any atom is 0.314 e. The van der Waals surface area contributed by atoms with Crippen LogP contribution in [0.4, 0.5) is 0 Å². The second kappa shape index (κ2) is 6.07. The van der Waals surface area contributed by atoms with Crippen molar-refractivity contribution < 1.29 is 19.4 Å². The second-order valence-corrected chi connectivity index (χ2v) is 4.99. The van der Waals surface area contributed by atoms with Gasteiger partial charge in [-0.2, -0.15) is 0 Å². The van der Waals surface area contributed by atoms with E-state index in [2.05, 4.69) is 4.74 Å². The largest absolute Gasteiger partial charge is 0.491 e. The van der Waals surface area contributed by atoms with Crippen LogP contribution in [0.25, 0.3) is 0 Å². The zero-order chi connectivity index (χ0) is 13.8. The Kier molecular flexibility index (Phi) is 4.99. The van der Waals surface area contributed by atoms with Gasteiger partial charge in [-0.25, -0.2) is 0 Å². The second-order valence-electron chi connectivity index (χ2n) is 4.59. The van der Waals surface area contributed by atoms with Crippen LogP contribution in [0.15, 0.2) is 18.2 Å². The first-order valence-corrected chi connectivity index (χ1v) is 5.89. The van der Waals surface area contributed by atoms with Crippen LogP contribution < -0.4 is 4.74 Å². The Labute approximate surface area is 111 Å². The third-order valence-electron chi connectivity index (χ3n) is 2.51. The van der Waals surface area contributed by atoms with E-state index in [-0.39, 0.29) is 19.2 Å². The molecular weight excluding hydrogens is 256 g/mol. The highest BCUT2D eigenvalue weighted by Gasteiger charge is 2.29. The van der Waals surface area contributed by atoms with Crippen LogP contribution >= 0.6 is 11.6 Å². The lowest BCUT2D eigenvalue weighted by molar-refractivity contribution is -0.152. The van der Waals surface area contributed by atoms with Crippen LogP contribution in [0.1, 0.15) is 19.4 Å². The van der Waals surface area contributed by atoms with Crippen LogP contribution in [-0.2, 0) is 16.1 Å². The Bertz CT molecular complexity index is 429. The summed E-state index contributed by atoms with van der Waals surface area (Å²) in [7, 11) is 1.34. The Hall–Kier alpha value is -1.26. The van der Waals surface area contributed by atoms with E-state index >= 15 is 0 Å². The molecule has 0 bridgehead atoms. The van der Waals surface area contributed by atoms with Gasteiger partial charge in [0.2, 0.25) is 0 Å². The number of ether oxygens (including phenoxy) is 2. The predicted octanol–water partition coefficient (Wildman–Crippen LogP) is 2.41. The number of hydrogen-bond donors (Lipinski definition) is 1. The Morgan fingerprint density at radius 2 is 2.11 bits per heavy atom. The van der Waals surface area contributed by atoms with Crippen molar-refractivity contribution in [2.24, 2.45) is 5.41 Å². The molecule has 0 aliphatic rings. The Morgan fingerprint density at radius 1 is 1.44 bits per heavy atom. The number of halogens is 1. The van der Waals surface area contributed by atoms with E-state index in [0.717, 1.165) is 0 Å². The first kappa shape index (κ1) is 14.8. The molecule has 0 radical (unpaired) electrons. The topological polar surface area (TPSA) is 55.8 Å². The van der Waals surface area contributed by atoms with E-state index in [1.165, 1.54) is 7.11 Å². The van der Waals surface area contributed by atoms with Gasteiger partial charge in [-0.1, -0.05) is 17.7 Å². The van der Waals surface area contributed by atoms with Crippen molar-refractivity contribution in [2.75, 3.05) is 13.7 Å². The molecule has 0 heterocycles. The van der Waals surface area contributed by atoms with Gasteiger partial charge in [0, 0.05) is 0 Å². The summed E-state index contributed by atoms with van der Waals surface area (Å²) < 4.78 is 10.2.